The normalized spacial score (nSPS) is 11.9. The fourth-order valence-electron chi connectivity index (χ4n) is 2.95. The first-order valence-electron chi connectivity index (χ1n) is 9.25. The Kier molecular flexibility index (Phi) is 7.78. The van der Waals surface area contributed by atoms with Gasteiger partial charge in [-0.15, -0.1) is 0 Å². The summed E-state index contributed by atoms with van der Waals surface area (Å²) in [6, 6.07) is 20.7. The molecule has 0 saturated heterocycles. The summed E-state index contributed by atoms with van der Waals surface area (Å²) in [6.45, 7) is 1.28. The highest BCUT2D eigenvalue weighted by molar-refractivity contribution is 6.42. The SMILES string of the molecule is COc1cccc(CNC[C@@H](O)c2ccccc2)c1OCc1ccc(Cl)c(Cl)c1. The van der Waals surface area contributed by atoms with Crippen molar-refractivity contribution in [1.29, 1.82) is 0 Å². The Morgan fingerprint density at radius 1 is 0.966 bits per heavy atom. The van der Waals surface area contributed by atoms with E-state index in [9.17, 15) is 5.11 Å². The number of methoxy groups -OCH3 is 1. The Balaban J connectivity index is 1.66. The number of rotatable bonds is 9. The van der Waals surface area contributed by atoms with E-state index in [1.165, 1.54) is 0 Å². The lowest BCUT2D eigenvalue weighted by Crippen LogP contribution is -2.21. The molecule has 3 rings (SSSR count). The molecule has 0 aromatic heterocycles. The number of nitrogens with one attached hydrogen (secondary N) is 1. The third kappa shape index (κ3) is 5.87. The van der Waals surface area contributed by atoms with E-state index in [0.717, 1.165) is 16.7 Å². The molecule has 1 atom stereocenters. The van der Waals surface area contributed by atoms with Gasteiger partial charge in [0.1, 0.15) is 6.61 Å². The second-order valence-corrected chi connectivity index (χ2v) is 7.36. The van der Waals surface area contributed by atoms with Crippen LogP contribution in [0.5, 0.6) is 11.5 Å². The maximum absolute atomic E-state index is 10.3. The summed E-state index contributed by atoms with van der Waals surface area (Å²) in [5, 5.41) is 14.6. The molecule has 3 aromatic rings. The van der Waals surface area contributed by atoms with Crippen molar-refractivity contribution in [2.24, 2.45) is 0 Å². The standard InChI is InChI=1S/C23H23Cl2NO3/c1-28-22-9-5-8-18(13-26-14-21(27)17-6-3-2-4-7-17)23(22)29-15-16-10-11-19(24)20(25)12-16/h2-12,21,26-27H,13-15H2,1H3/t21-/m1/s1. The highest BCUT2D eigenvalue weighted by Gasteiger charge is 2.13. The number of ether oxygens (including phenoxy) is 2. The molecule has 4 nitrogen and oxygen atoms in total. The Bertz CT molecular complexity index is 935. The summed E-state index contributed by atoms with van der Waals surface area (Å²) in [6.07, 6.45) is -0.581. The fraction of sp³-hybridized carbons (Fsp3) is 0.217. The molecule has 2 N–H and O–H groups in total. The summed E-state index contributed by atoms with van der Waals surface area (Å²) in [7, 11) is 1.61. The molecule has 6 heteroatoms. The average molecular weight is 432 g/mol. The molecule has 0 spiro atoms. The molecule has 0 bridgehead atoms. The van der Waals surface area contributed by atoms with Crippen LogP contribution in [0.15, 0.2) is 66.7 Å². The monoisotopic (exact) mass is 431 g/mol. The van der Waals surface area contributed by atoms with Gasteiger partial charge < -0.3 is 19.9 Å². The third-order valence-corrected chi connectivity index (χ3v) is 5.22. The predicted molar refractivity (Wildman–Crippen MR) is 117 cm³/mol. The van der Waals surface area contributed by atoms with E-state index in [1.807, 2.05) is 54.6 Å². The molecule has 0 unspecified atom stereocenters. The molecule has 0 aliphatic rings. The van der Waals surface area contributed by atoms with Gasteiger partial charge in [0.05, 0.1) is 23.3 Å². The minimum Gasteiger partial charge on any atom is -0.493 e. The number of halogens is 2. The number of hydrogen-bond donors (Lipinski definition) is 2. The fourth-order valence-corrected chi connectivity index (χ4v) is 3.27. The minimum absolute atomic E-state index is 0.330. The van der Waals surface area contributed by atoms with Gasteiger partial charge in [0, 0.05) is 18.7 Å². The van der Waals surface area contributed by atoms with Crippen molar-refractivity contribution < 1.29 is 14.6 Å². The molecule has 152 valence electrons. The topological polar surface area (TPSA) is 50.7 Å². The van der Waals surface area contributed by atoms with E-state index >= 15 is 0 Å². The van der Waals surface area contributed by atoms with Crippen LogP contribution in [0.4, 0.5) is 0 Å². The lowest BCUT2D eigenvalue weighted by atomic mass is 10.1. The van der Waals surface area contributed by atoms with E-state index in [1.54, 1.807) is 19.2 Å². The van der Waals surface area contributed by atoms with Crippen LogP contribution in [0.2, 0.25) is 10.0 Å². The first-order valence-corrected chi connectivity index (χ1v) is 10.0. The number of hydrogen-bond acceptors (Lipinski definition) is 4. The van der Waals surface area contributed by atoms with Crippen molar-refractivity contribution in [1.82, 2.24) is 5.32 Å². The number of aliphatic hydroxyl groups excluding tert-OH is 1. The molecule has 0 radical (unpaired) electrons. The summed E-state index contributed by atoms with van der Waals surface area (Å²) in [5.41, 5.74) is 2.72. The molecular weight excluding hydrogens is 409 g/mol. The zero-order chi connectivity index (χ0) is 20.6. The number of aliphatic hydroxyl groups is 1. The zero-order valence-electron chi connectivity index (χ0n) is 16.1. The van der Waals surface area contributed by atoms with Crippen LogP contribution in [0.3, 0.4) is 0 Å². The predicted octanol–water partition coefficient (Wildman–Crippen LogP) is 5.40. The summed E-state index contributed by atoms with van der Waals surface area (Å²) in [4.78, 5) is 0. The average Bonchev–Trinajstić information content (AvgIpc) is 2.75. The van der Waals surface area contributed by atoms with Gasteiger partial charge in [0.25, 0.3) is 0 Å². The molecule has 0 heterocycles. The largest absolute Gasteiger partial charge is 0.493 e. The second kappa shape index (κ2) is 10.5. The molecule has 0 aliphatic heterocycles. The lowest BCUT2D eigenvalue weighted by Gasteiger charge is -2.17. The van der Waals surface area contributed by atoms with Crippen molar-refractivity contribution in [3.8, 4) is 11.5 Å². The number of benzene rings is 3. The molecule has 0 saturated carbocycles. The van der Waals surface area contributed by atoms with Gasteiger partial charge in [-0.3, -0.25) is 0 Å². The van der Waals surface area contributed by atoms with E-state index in [0.29, 0.717) is 41.2 Å². The Morgan fingerprint density at radius 3 is 2.48 bits per heavy atom. The molecular formula is C23H23Cl2NO3. The lowest BCUT2D eigenvalue weighted by molar-refractivity contribution is 0.174. The number of para-hydroxylation sites is 1. The maximum Gasteiger partial charge on any atom is 0.166 e. The van der Waals surface area contributed by atoms with Gasteiger partial charge in [0.2, 0.25) is 0 Å². The van der Waals surface area contributed by atoms with Crippen molar-refractivity contribution in [2.75, 3.05) is 13.7 Å². The zero-order valence-corrected chi connectivity index (χ0v) is 17.6. The Labute approximate surface area is 181 Å². The van der Waals surface area contributed by atoms with Gasteiger partial charge in [-0.25, -0.2) is 0 Å². The van der Waals surface area contributed by atoms with E-state index in [2.05, 4.69) is 5.32 Å². The summed E-state index contributed by atoms with van der Waals surface area (Å²) in [5.74, 6) is 1.30. The Morgan fingerprint density at radius 2 is 1.76 bits per heavy atom. The van der Waals surface area contributed by atoms with Crippen LogP contribution in [0.1, 0.15) is 22.8 Å². The van der Waals surface area contributed by atoms with Crippen LogP contribution in [-0.4, -0.2) is 18.8 Å². The first-order chi connectivity index (χ1) is 14.1. The van der Waals surface area contributed by atoms with Gasteiger partial charge in [-0.05, 0) is 29.3 Å². The van der Waals surface area contributed by atoms with Gasteiger partial charge >= 0.3 is 0 Å². The minimum atomic E-state index is -0.581. The molecule has 0 aliphatic carbocycles. The van der Waals surface area contributed by atoms with Crippen molar-refractivity contribution in [2.45, 2.75) is 19.3 Å². The van der Waals surface area contributed by atoms with Crippen molar-refractivity contribution in [3.63, 3.8) is 0 Å². The molecule has 0 fully saturated rings. The van der Waals surface area contributed by atoms with Crippen LogP contribution < -0.4 is 14.8 Å². The van der Waals surface area contributed by atoms with Crippen LogP contribution in [0, 0.1) is 0 Å². The highest BCUT2D eigenvalue weighted by atomic mass is 35.5. The van der Waals surface area contributed by atoms with Crippen LogP contribution >= 0.6 is 23.2 Å². The van der Waals surface area contributed by atoms with Crippen LogP contribution in [0.25, 0.3) is 0 Å². The van der Waals surface area contributed by atoms with Gasteiger partial charge in [-0.2, -0.15) is 0 Å². The van der Waals surface area contributed by atoms with Gasteiger partial charge in [0.15, 0.2) is 11.5 Å². The Hall–Kier alpha value is -2.24. The van der Waals surface area contributed by atoms with Crippen molar-refractivity contribution in [3.05, 3.63) is 93.5 Å². The van der Waals surface area contributed by atoms with Crippen molar-refractivity contribution >= 4 is 23.2 Å². The molecule has 0 amide bonds. The van der Waals surface area contributed by atoms with Gasteiger partial charge in [-0.1, -0.05) is 71.7 Å². The van der Waals surface area contributed by atoms with E-state index in [4.69, 9.17) is 32.7 Å². The van der Waals surface area contributed by atoms with E-state index < -0.39 is 6.10 Å². The molecule has 29 heavy (non-hydrogen) atoms. The quantitative estimate of drug-likeness (QED) is 0.475. The highest BCUT2D eigenvalue weighted by Crippen LogP contribution is 2.32. The van der Waals surface area contributed by atoms with E-state index in [-0.39, 0.29) is 0 Å². The molecule has 3 aromatic carbocycles. The first kappa shape index (κ1) is 21.5. The smallest absolute Gasteiger partial charge is 0.166 e. The summed E-state index contributed by atoms with van der Waals surface area (Å²) < 4.78 is 11.5. The second-order valence-electron chi connectivity index (χ2n) is 6.54. The van der Waals surface area contributed by atoms with Crippen LogP contribution in [-0.2, 0) is 13.2 Å². The maximum atomic E-state index is 10.3. The third-order valence-electron chi connectivity index (χ3n) is 4.49. The summed E-state index contributed by atoms with van der Waals surface area (Å²) >= 11 is 12.1.